The number of nitrogens with two attached hydrogens (primary N) is 2. The van der Waals surface area contributed by atoms with E-state index in [0.717, 1.165) is 23.4 Å². The van der Waals surface area contributed by atoms with E-state index in [-0.39, 0.29) is 0 Å². The molecule has 0 spiro atoms. The van der Waals surface area contributed by atoms with Crippen LogP contribution in [0.2, 0.25) is 0 Å². The first kappa shape index (κ1) is 16.5. The van der Waals surface area contributed by atoms with Crippen molar-refractivity contribution in [1.82, 2.24) is 15.8 Å². The summed E-state index contributed by atoms with van der Waals surface area (Å²) in [7, 11) is 0. The highest BCUT2D eigenvalue weighted by Crippen LogP contribution is 2.47. The molecule has 0 radical (unpaired) electrons. The summed E-state index contributed by atoms with van der Waals surface area (Å²) in [6, 6.07) is 9.47. The van der Waals surface area contributed by atoms with Gasteiger partial charge in [0.15, 0.2) is 0 Å². The second-order valence-corrected chi connectivity index (χ2v) is 8.69. The summed E-state index contributed by atoms with van der Waals surface area (Å²) in [5.74, 6) is 2.06. The largest absolute Gasteiger partial charge is 0.369 e. The van der Waals surface area contributed by atoms with Crippen LogP contribution in [0.4, 0.5) is 0 Å². The first-order valence-corrected chi connectivity index (χ1v) is 10.1. The molecule has 4 atom stereocenters. The molecule has 6 N–H and O–H groups in total. The SMILES string of the molecule is NC1=NC(N)(c2ccc(C3CCN(C4CC5CCC4C5)CC3)cc2)NN1. The molecule has 2 aliphatic heterocycles. The van der Waals surface area contributed by atoms with Gasteiger partial charge < -0.3 is 10.6 Å². The summed E-state index contributed by atoms with van der Waals surface area (Å²) >= 11 is 0. The number of likely N-dealkylation sites (tertiary alicyclic amines) is 1. The number of aliphatic imine (C=N–C) groups is 1. The van der Waals surface area contributed by atoms with Gasteiger partial charge in [0.25, 0.3) is 0 Å². The van der Waals surface area contributed by atoms with Crippen molar-refractivity contribution in [3.63, 3.8) is 0 Å². The van der Waals surface area contributed by atoms with Gasteiger partial charge in [0, 0.05) is 11.6 Å². The summed E-state index contributed by atoms with van der Waals surface area (Å²) < 4.78 is 0. The van der Waals surface area contributed by atoms with Gasteiger partial charge in [-0.1, -0.05) is 30.7 Å². The molecule has 5 rings (SSSR count). The predicted molar refractivity (Wildman–Crippen MR) is 103 cm³/mol. The monoisotopic (exact) mass is 354 g/mol. The Labute approximate surface area is 155 Å². The maximum Gasteiger partial charge on any atom is 0.209 e. The Balaban J connectivity index is 1.22. The van der Waals surface area contributed by atoms with Gasteiger partial charge in [-0.15, -0.1) is 0 Å². The molecule has 3 fully saturated rings. The molecule has 6 nitrogen and oxygen atoms in total. The number of hydrazine groups is 1. The Morgan fingerprint density at radius 3 is 2.38 bits per heavy atom. The Hall–Kier alpha value is -1.63. The fourth-order valence-electron chi connectivity index (χ4n) is 5.77. The van der Waals surface area contributed by atoms with Crippen molar-refractivity contribution >= 4 is 5.96 Å². The van der Waals surface area contributed by atoms with Crippen LogP contribution >= 0.6 is 0 Å². The van der Waals surface area contributed by atoms with E-state index in [1.165, 1.54) is 57.2 Å². The fourth-order valence-corrected chi connectivity index (χ4v) is 5.77. The molecule has 26 heavy (non-hydrogen) atoms. The average molecular weight is 355 g/mol. The molecular formula is C20H30N6. The third kappa shape index (κ3) is 2.80. The van der Waals surface area contributed by atoms with Gasteiger partial charge in [0.05, 0.1) is 0 Å². The summed E-state index contributed by atoms with van der Waals surface area (Å²) in [5.41, 5.74) is 20.0. The highest BCUT2D eigenvalue weighted by molar-refractivity contribution is 5.79. The van der Waals surface area contributed by atoms with E-state index in [1.807, 2.05) is 0 Å². The fraction of sp³-hybridized carbons (Fsp3) is 0.650. The van der Waals surface area contributed by atoms with Gasteiger partial charge in [0.1, 0.15) is 0 Å². The van der Waals surface area contributed by atoms with Gasteiger partial charge in [-0.05, 0) is 68.5 Å². The zero-order chi connectivity index (χ0) is 17.7. The third-order valence-electron chi connectivity index (χ3n) is 7.20. The minimum absolute atomic E-state index is 0.324. The van der Waals surface area contributed by atoms with Crippen molar-refractivity contribution in [3.8, 4) is 0 Å². The van der Waals surface area contributed by atoms with Crippen molar-refractivity contribution in [2.75, 3.05) is 13.1 Å². The molecule has 2 bridgehead atoms. The maximum absolute atomic E-state index is 6.27. The van der Waals surface area contributed by atoms with Crippen molar-refractivity contribution in [3.05, 3.63) is 35.4 Å². The summed E-state index contributed by atoms with van der Waals surface area (Å²) in [6.45, 7) is 2.51. The summed E-state index contributed by atoms with van der Waals surface area (Å²) in [6.07, 6.45) is 8.48. The lowest BCUT2D eigenvalue weighted by Gasteiger charge is -2.39. The second-order valence-electron chi connectivity index (χ2n) is 8.69. The number of benzene rings is 1. The van der Waals surface area contributed by atoms with E-state index in [0.29, 0.717) is 11.9 Å². The third-order valence-corrected chi connectivity index (χ3v) is 7.20. The first-order valence-electron chi connectivity index (χ1n) is 10.1. The molecule has 2 saturated carbocycles. The summed E-state index contributed by atoms with van der Waals surface area (Å²) in [5, 5.41) is 0. The average Bonchev–Trinajstić information content (AvgIpc) is 3.38. The van der Waals surface area contributed by atoms with Crippen LogP contribution in [-0.2, 0) is 5.79 Å². The molecule has 4 unspecified atom stereocenters. The lowest BCUT2D eigenvalue weighted by molar-refractivity contribution is 0.111. The topological polar surface area (TPSA) is 91.7 Å². The van der Waals surface area contributed by atoms with Crippen LogP contribution in [0.1, 0.15) is 55.6 Å². The molecule has 4 aliphatic rings. The molecule has 1 aromatic carbocycles. The van der Waals surface area contributed by atoms with E-state index < -0.39 is 5.79 Å². The smallest absolute Gasteiger partial charge is 0.209 e. The van der Waals surface area contributed by atoms with Crippen LogP contribution in [0.3, 0.4) is 0 Å². The molecule has 1 saturated heterocycles. The minimum atomic E-state index is -0.965. The van der Waals surface area contributed by atoms with Gasteiger partial charge in [0.2, 0.25) is 11.7 Å². The number of fused-ring (bicyclic) bond motifs is 2. The Bertz CT molecular complexity index is 693. The summed E-state index contributed by atoms with van der Waals surface area (Å²) in [4.78, 5) is 7.05. The van der Waals surface area contributed by atoms with Gasteiger partial charge in [-0.25, -0.2) is 4.99 Å². The van der Waals surface area contributed by atoms with Gasteiger partial charge >= 0.3 is 0 Å². The van der Waals surface area contributed by atoms with E-state index in [1.54, 1.807) is 0 Å². The molecule has 0 aromatic heterocycles. The van der Waals surface area contributed by atoms with Gasteiger partial charge in [-0.2, -0.15) is 5.43 Å². The quantitative estimate of drug-likeness (QED) is 0.661. The normalized spacial score (nSPS) is 37.7. The van der Waals surface area contributed by atoms with Crippen LogP contribution < -0.4 is 22.3 Å². The van der Waals surface area contributed by atoms with E-state index >= 15 is 0 Å². The van der Waals surface area contributed by atoms with E-state index in [9.17, 15) is 0 Å². The predicted octanol–water partition coefficient (Wildman–Crippen LogP) is 1.55. The Kier molecular flexibility index (Phi) is 3.95. The second kappa shape index (κ2) is 6.22. The van der Waals surface area contributed by atoms with Crippen molar-refractivity contribution in [2.45, 2.75) is 56.3 Å². The Morgan fingerprint density at radius 2 is 1.81 bits per heavy atom. The van der Waals surface area contributed by atoms with Crippen molar-refractivity contribution < 1.29 is 0 Å². The number of hydrogen-bond donors (Lipinski definition) is 4. The molecule has 2 heterocycles. The van der Waals surface area contributed by atoms with Gasteiger partial charge in [-0.3, -0.25) is 11.2 Å². The standard InChI is InChI=1S/C20H30N6/c21-19-23-20(22,25-24-19)17-5-3-14(4-6-17)15-7-9-26(10-8-15)18-12-13-1-2-16(18)11-13/h3-6,13,15-16,18,25H,1-2,7-12,22H2,(H3,21,23,24). The lowest BCUT2D eigenvalue weighted by Crippen LogP contribution is -2.50. The zero-order valence-corrected chi connectivity index (χ0v) is 15.3. The van der Waals surface area contributed by atoms with E-state index in [2.05, 4.69) is 45.0 Å². The van der Waals surface area contributed by atoms with Crippen LogP contribution in [0.15, 0.2) is 29.3 Å². The number of nitrogens with zero attached hydrogens (tertiary/aromatic N) is 2. The molecule has 6 heteroatoms. The van der Waals surface area contributed by atoms with Crippen LogP contribution in [0, 0.1) is 11.8 Å². The van der Waals surface area contributed by atoms with E-state index in [4.69, 9.17) is 11.5 Å². The zero-order valence-electron chi connectivity index (χ0n) is 15.3. The molecular weight excluding hydrogens is 324 g/mol. The van der Waals surface area contributed by atoms with Crippen LogP contribution in [0.5, 0.6) is 0 Å². The molecule has 140 valence electrons. The Morgan fingerprint density at radius 1 is 1.04 bits per heavy atom. The highest BCUT2D eigenvalue weighted by atomic mass is 15.6. The lowest BCUT2D eigenvalue weighted by atomic mass is 9.86. The van der Waals surface area contributed by atoms with Crippen LogP contribution in [-0.4, -0.2) is 30.0 Å². The number of nitrogens with one attached hydrogen (secondary N) is 2. The highest BCUT2D eigenvalue weighted by Gasteiger charge is 2.42. The number of hydrogen-bond acceptors (Lipinski definition) is 6. The minimum Gasteiger partial charge on any atom is -0.369 e. The van der Waals surface area contributed by atoms with Crippen molar-refractivity contribution in [1.29, 1.82) is 0 Å². The molecule has 2 aliphatic carbocycles. The maximum atomic E-state index is 6.27. The van der Waals surface area contributed by atoms with Crippen molar-refractivity contribution in [2.24, 2.45) is 28.3 Å². The number of guanidine groups is 1. The van der Waals surface area contributed by atoms with Crippen LogP contribution in [0.25, 0.3) is 0 Å². The number of piperidine rings is 1. The molecule has 1 aromatic rings. The first-order chi connectivity index (χ1) is 12.6. The number of rotatable bonds is 3. The molecule has 0 amide bonds.